The van der Waals surface area contributed by atoms with Gasteiger partial charge in [0.25, 0.3) is 0 Å². The molecule has 1 N–H and O–H groups in total. The van der Waals surface area contributed by atoms with E-state index in [1.807, 2.05) is 77.1 Å². The second-order valence-electron chi connectivity index (χ2n) is 6.88. The second kappa shape index (κ2) is 6.46. The Bertz CT molecular complexity index is 770. The first-order valence-electron chi connectivity index (χ1n) is 7.76. The quantitative estimate of drug-likeness (QED) is 0.903. The minimum Gasteiger partial charge on any atom is -0.207 e. The first kappa shape index (κ1) is 17.7. The minimum atomic E-state index is -3.57. The molecule has 2 aromatic carbocycles. The number of nitrogens with one attached hydrogen (secondary N) is 1. The molecule has 0 spiro atoms. The maximum Gasteiger partial charge on any atom is 0.241 e. The van der Waals surface area contributed by atoms with Crippen LogP contribution in [0.3, 0.4) is 0 Å². The molecule has 0 amide bonds. The summed E-state index contributed by atoms with van der Waals surface area (Å²) in [5, 5.41) is 0. The molecule has 0 aliphatic carbocycles. The van der Waals surface area contributed by atoms with E-state index in [1.54, 1.807) is 0 Å². The lowest BCUT2D eigenvalue weighted by Gasteiger charge is -2.27. The molecule has 124 valence electrons. The van der Waals surface area contributed by atoms with E-state index in [4.69, 9.17) is 0 Å². The Morgan fingerprint density at radius 2 is 1.48 bits per heavy atom. The van der Waals surface area contributed by atoms with Crippen molar-refractivity contribution < 1.29 is 8.42 Å². The molecule has 0 fully saturated rings. The Morgan fingerprint density at radius 3 is 2.00 bits per heavy atom. The molecule has 0 aromatic heterocycles. The summed E-state index contributed by atoms with van der Waals surface area (Å²) < 4.78 is 28.6. The summed E-state index contributed by atoms with van der Waals surface area (Å²) in [5.74, 6) is 0. The van der Waals surface area contributed by atoms with Crippen molar-refractivity contribution in [1.82, 2.24) is 4.72 Å². The Labute approximate surface area is 139 Å². The molecule has 0 saturated heterocycles. The lowest BCUT2D eigenvalue weighted by molar-refractivity contribution is 0.450. The van der Waals surface area contributed by atoms with Gasteiger partial charge in [0.2, 0.25) is 10.0 Å². The van der Waals surface area contributed by atoms with Crippen LogP contribution in [0.2, 0.25) is 0 Å². The van der Waals surface area contributed by atoms with E-state index >= 15 is 0 Å². The fraction of sp³-hybridized carbons (Fsp3) is 0.368. The molecule has 0 saturated carbocycles. The highest BCUT2D eigenvalue weighted by Gasteiger charge is 2.28. The summed E-state index contributed by atoms with van der Waals surface area (Å²) in [7, 11) is -3.57. The number of aryl methyl sites for hydroxylation is 3. The summed E-state index contributed by atoms with van der Waals surface area (Å²) in [6.07, 6.45) is 0.636. The normalized spacial score (nSPS) is 12.4. The van der Waals surface area contributed by atoms with Gasteiger partial charge in [0.15, 0.2) is 0 Å². The van der Waals surface area contributed by atoms with Gasteiger partial charge in [-0.2, -0.15) is 0 Å². The molecule has 0 aliphatic rings. The van der Waals surface area contributed by atoms with E-state index in [9.17, 15) is 8.42 Å². The fourth-order valence-electron chi connectivity index (χ4n) is 3.15. The van der Waals surface area contributed by atoms with Crippen molar-refractivity contribution in [1.29, 1.82) is 0 Å². The Kier molecular flexibility index (Phi) is 4.97. The van der Waals surface area contributed by atoms with Gasteiger partial charge in [-0.25, -0.2) is 13.1 Å². The van der Waals surface area contributed by atoms with Crippen LogP contribution >= 0.6 is 0 Å². The van der Waals surface area contributed by atoms with Crippen LogP contribution in [0.25, 0.3) is 0 Å². The summed E-state index contributed by atoms with van der Waals surface area (Å²) in [6.45, 7) is 9.49. The molecule has 0 bridgehead atoms. The molecule has 0 heterocycles. The molecular formula is C19H25NO2S. The van der Waals surface area contributed by atoms with Crippen molar-refractivity contribution in [3.05, 3.63) is 64.7 Å². The lowest BCUT2D eigenvalue weighted by Crippen LogP contribution is -2.45. The van der Waals surface area contributed by atoms with Crippen LogP contribution < -0.4 is 4.72 Å². The van der Waals surface area contributed by atoms with Crippen LogP contribution in [-0.2, 0) is 16.4 Å². The maximum atomic E-state index is 12.9. The Morgan fingerprint density at radius 1 is 0.957 bits per heavy atom. The molecule has 23 heavy (non-hydrogen) atoms. The lowest BCUT2D eigenvalue weighted by atomic mass is 9.96. The molecular weight excluding hydrogens is 306 g/mol. The van der Waals surface area contributed by atoms with Crippen molar-refractivity contribution in [2.75, 3.05) is 0 Å². The zero-order valence-corrected chi connectivity index (χ0v) is 15.3. The highest BCUT2D eigenvalue weighted by atomic mass is 32.2. The van der Waals surface area contributed by atoms with Crippen molar-refractivity contribution in [2.24, 2.45) is 0 Å². The van der Waals surface area contributed by atoms with Gasteiger partial charge in [-0.05, 0) is 57.7 Å². The highest BCUT2D eigenvalue weighted by Crippen LogP contribution is 2.24. The smallest absolute Gasteiger partial charge is 0.207 e. The first-order chi connectivity index (χ1) is 10.6. The standard InChI is InChI=1S/C19H25NO2S/c1-14-11-15(2)18(16(3)12-14)23(21,22)20-19(4,5)13-17-9-7-6-8-10-17/h6-12,20H,13H2,1-5H3. The molecule has 0 aliphatic heterocycles. The number of hydrogen-bond acceptors (Lipinski definition) is 2. The van der Waals surface area contributed by atoms with Crippen LogP contribution in [-0.4, -0.2) is 14.0 Å². The predicted molar refractivity (Wildman–Crippen MR) is 95.2 cm³/mol. The monoisotopic (exact) mass is 331 g/mol. The molecule has 0 atom stereocenters. The second-order valence-corrected chi connectivity index (χ2v) is 8.50. The third kappa shape index (κ3) is 4.43. The summed E-state index contributed by atoms with van der Waals surface area (Å²) >= 11 is 0. The maximum absolute atomic E-state index is 12.9. The van der Waals surface area contributed by atoms with Gasteiger partial charge in [-0.3, -0.25) is 0 Å². The Hall–Kier alpha value is -1.65. The number of rotatable bonds is 5. The molecule has 4 heteroatoms. The molecule has 2 rings (SSSR count). The van der Waals surface area contributed by atoms with Gasteiger partial charge in [-0.1, -0.05) is 48.0 Å². The van der Waals surface area contributed by atoms with E-state index in [1.165, 1.54) is 0 Å². The van der Waals surface area contributed by atoms with Gasteiger partial charge in [0, 0.05) is 5.54 Å². The number of hydrogen-bond donors (Lipinski definition) is 1. The Balaban J connectivity index is 2.31. The van der Waals surface area contributed by atoms with Gasteiger partial charge in [-0.15, -0.1) is 0 Å². The van der Waals surface area contributed by atoms with Crippen LogP contribution in [0.1, 0.15) is 36.1 Å². The molecule has 0 radical (unpaired) electrons. The van der Waals surface area contributed by atoms with Crippen molar-refractivity contribution in [2.45, 2.75) is 51.5 Å². The topological polar surface area (TPSA) is 46.2 Å². The van der Waals surface area contributed by atoms with E-state index in [-0.39, 0.29) is 0 Å². The van der Waals surface area contributed by atoms with Gasteiger partial charge < -0.3 is 0 Å². The average Bonchev–Trinajstić information content (AvgIpc) is 2.35. The average molecular weight is 331 g/mol. The van der Waals surface area contributed by atoms with Crippen LogP contribution in [0.15, 0.2) is 47.4 Å². The van der Waals surface area contributed by atoms with Crippen LogP contribution in [0.4, 0.5) is 0 Å². The largest absolute Gasteiger partial charge is 0.241 e. The minimum absolute atomic E-state index is 0.393. The molecule has 0 unspecified atom stereocenters. The predicted octanol–water partition coefficient (Wildman–Crippen LogP) is 3.91. The SMILES string of the molecule is Cc1cc(C)c(S(=O)(=O)NC(C)(C)Cc2ccccc2)c(C)c1. The van der Waals surface area contributed by atoms with E-state index < -0.39 is 15.6 Å². The van der Waals surface area contributed by atoms with Crippen LogP contribution in [0, 0.1) is 20.8 Å². The third-order valence-corrected chi connectivity index (χ3v) is 5.78. The summed E-state index contributed by atoms with van der Waals surface area (Å²) in [4.78, 5) is 0.393. The third-order valence-electron chi connectivity index (χ3n) is 3.77. The van der Waals surface area contributed by atoms with Crippen molar-refractivity contribution >= 4 is 10.0 Å². The van der Waals surface area contributed by atoms with Gasteiger partial charge >= 0.3 is 0 Å². The van der Waals surface area contributed by atoms with E-state index in [0.717, 1.165) is 22.3 Å². The van der Waals surface area contributed by atoms with E-state index in [0.29, 0.717) is 11.3 Å². The highest BCUT2D eigenvalue weighted by molar-refractivity contribution is 7.89. The number of sulfonamides is 1. The number of benzene rings is 2. The first-order valence-corrected chi connectivity index (χ1v) is 9.25. The molecule has 3 nitrogen and oxygen atoms in total. The van der Waals surface area contributed by atoms with Gasteiger partial charge in [0.1, 0.15) is 0 Å². The zero-order chi connectivity index (χ0) is 17.3. The van der Waals surface area contributed by atoms with Crippen LogP contribution in [0.5, 0.6) is 0 Å². The summed E-state index contributed by atoms with van der Waals surface area (Å²) in [5.41, 5.74) is 3.18. The zero-order valence-electron chi connectivity index (χ0n) is 14.5. The molecule has 2 aromatic rings. The van der Waals surface area contributed by atoms with Crippen molar-refractivity contribution in [3.63, 3.8) is 0 Å². The van der Waals surface area contributed by atoms with Crippen molar-refractivity contribution in [3.8, 4) is 0 Å². The van der Waals surface area contributed by atoms with E-state index in [2.05, 4.69) is 4.72 Å². The fourth-order valence-corrected chi connectivity index (χ4v) is 5.02. The van der Waals surface area contributed by atoms with Gasteiger partial charge in [0.05, 0.1) is 4.90 Å². The summed E-state index contributed by atoms with van der Waals surface area (Å²) in [6, 6.07) is 13.7.